The fraction of sp³-hybridized carbons (Fsp3) is 0.519. The summed E-state index contributed by atoms with van der Waals surface area (Å²) in [6.45, 7) is 2.61. The molecule has 2 aliphatic heterocycles. The summed E-state index contributed by atoms with van der Waals surface area (Å²) in [5, 5.41) is 3.17. The Balaban J connectivity index is 1.33. The summed E-state index contributed by atoms with van der Waals surface area (Å²) in [7, 11) is 1.68. The lowest BCUT2D eigenvalue weighted by molar-refractivity contribution is -0.131. The number of piperidine rings is 1. The Morgan fingerprint density at radius 2 is 1.62 bits per heavy atom. The number of nitrogens with one attached hydrogen (secondary N) is 1. The molecular formula is C27H33FN2O2. The average Bonchev–Trinajstić information content (AvgIpc) is 3.15. The molecule has 3 aliphatic rings. The minimum atomic E-state index is -0.314. The number of nitrogens with zero attached hydrogens (tertiary/aromatic N) is 1. The van der Waals surface area contributed by atoms with Crippen LogP contribution in [0.25, 0.3) is 0 Å². The molecule has 1 aliphatic carbocycles. The molecule has 1 spiro atoms. The van der Waals surface area contributed by atoms with Gasteiger partial charge in [0.05, 0.1) is 12.5 Å². The molecule has 1 amide bonds. The molecule has 0 aromatic heterocycles. The molecule has 0 radical (unpaired) electrons. The second kappa shape index (κ2) is 8.86. The van der Waals surface area contributed by atoms with Crippen molar-refractivity contribution in [2.75, 3.05) is 26.7 Å². The van der Waals surface area contributed by atoms with Crippen molar-refractivity contribution in [3.05, 3.63) is 65.5 Å². The van der Waals surface area contributed by atoms with E-state index >= 15 is 0 Å². The topological polar surface area (TPSA) is 41.6 Å². The first-order chi connectivity index (χ1) is 15.6. The Labute approximate surface area is 190 Å². The number of amides is 1. The molecule has 5 rings (SSSR count). The van der Waals surface area contributed by atoms with E-state index in [4.69, 9.17) is 4.74 Å². The zero-order chi connectivity index (χ0) is 22.1. The highest BCUT2D eigenvalue weighted by Gasteiger charge is 2.52. The number of halogens is 1. The number of hydrogen-bond donors (Lipinski definition) is 1. The van der Waals surface area contributed by atoms with Gasteiger partial charge in [-0.1, -0.05) is 37.1 Å². The van der Waals surface area contributed by atoms with Gasteiger partial charge in [-0.3, -0.25) is 9.69 Å². The number of rotatable bonds is 4. The summed E-state index contributed by atoms with van der Waals surface area (Å²) in [6.07, 6.45) is 6.61. The second-order valence-corrected chi connectivity index (χ2v) is 9.74. The highest BCUT2D eigenvalue weighted by atomic mass is 19.1. The van der Waals surface area contributed by atoms with Gasteiger partial charge < -0.3 is 10.1 Å². The molecule has 2 aromatic rings. The second-order valence-electron chi connectivity index (χ2n) is 9.74. The van der Waals surface area contributed by atoms with Crippen LogP contribution in [0.1, 0.15) is 61.5 Å². The van der Waals surface area contributed by atoms with Crippen LogP contribution in [0.4, 0.5) is 4.39 Å². The van der Waals surface area contributed by atoms with Crippen LogP contribution in [0.5, 0.6) is 5.75 Å². The molecule has 170 valence electrons. The molecule has 2 unspecified atom stereocenters. The van der Waals surface area contributed by atoms with Crippen molar-refractivity contribution < 1.29 is 13.9 Å². The first-order valence-electron chi connectivity index (χ1n) is 12.0. The van der Waals surface area contributed by atoms with Crippen LogP contribution >= 0.6 is 0 Å². The molecule has 2 aromatic carbocycles. The fourth-order valence-corrected chi connectivity index (χ4v) is 6.47. The van der Waals surface area contributed by atoms with Crippen molar-refractivity contribution in [3.63, 3.8) is 0 Å². The van der Waals surface area contributed by atoms with Crippen molar-refractivity contribution in [2.24, 2.45) is 5.41 Å². The van der Waals surface area contributed by atoms with Gasteiger partial charge >= 0.3 is 0 Å². The number of benzene rings is 2. The van der Waals surface area contributed by atoms with Crippen molar-refractivity contribution in [3.8, 4) is 5.75 Å². The third-order valence-electron chi connectivity index (χ3n) is 8.29. The predicted molar refractivity (Wildman–Crippen MR) is 123 cm³/mol. The standard InChI is InChI=1S/C27H33FN2O2/c1-32-22-12-8-20(9-13-22)24-18-29-26(31)27(24)14-16-30(17-15-27)25-5-3-2-4-23(25)19-6-10-21(28)11-7-19/h6-13,23-25H,2-5,14-18H2,1H3,(H,29,31)/t23?,24-,25?/m1/s1. The Bertz CT molecular complexity index is 935. The van der Waals surface area contributed by atoms with Crippen molar-refractivity contribution in [1.82, 2.24) is 10.2 Å². The maximum Gasteiger partial charge on any atom is 0.227 e. The van der Waals surface area contributed by atoms with E-state index in [9.17, 15) is 9.18 Å². The van der Waals surface area contributed by atoms with E-state index in [1.807, 2.05) is 24.3 Å². The lowest BCUT2D eigenvalue weighted by Crippen LogP contribution is -2.51. The highest BCUT2D eigenvalue weighted by Crippen LogP contribution is 2.49. The number of carbonyl (C=O) groups is 1. The van der Waals surface area contributed by atoms with E-state index in [1.54, 1.807) is 19.2 Å². The third-order valence-corrected chi connectivity index (χ3v) is 8.29. The number of carbonyl (C=O) groups excluding carboxylic acids is 1. The minimum Gasteiger partial charge on any atom is -0.497 e. The van der Waals surface area contributed by atoms with Gasteiger partial charge in [-0.05, 0) is 80.1 Å². The lowest BCUT2D eigenvalue weighted by atomic mass is 9.67. The fourth-order valence-electron chi connectivity index (χ4n) is 6.47. The van der Waals surface area contributed by atoms with Gasteiger partial charge in [0, 0.05) is 18.5 Å². The average molecular weight is 437 g/mol. The van der Waals surface area contributed by atoms with E-state index in [-0.39, 0.29) is 23.1 Å². The highest BCUT2D eigenvalue weighted by molar-refractivity contribution is 5.86. The van der Waals surface area contributed by atoms with Crippen molar-refractivity contribution in [2.45, 2.75) is 56.4 Å². The van der Waals surface area contributed by atoms with Gasteiger partial charge in [0.15, 0.2) is 0 Å². The maximum absolute atomic E-state index is 13.5. The molecule has 3 atom stereocenters. The van der Waals surface area contributed by atoms with Crippen molar-refractivity contribution >= 4 is 5.91 Å². The number of methoxy groups -OCH3 is 1. The summed E-state index contributed by atoms with van der Waals surface area (Å²) in [5.74, 6) is 1.56. The van der Waals surface area contributed by atoms with Gasteiger partial charge in [-0.2, -0.15) is 0 Å². The summed E-state index contributed by atoms with van der Waals surface area (Å²) in [4.78, 5) is 15.7. The summed E-state index contributed by atoms with van der Waals surface area (Å²) in [5.41, 5.74) is 2.16. The normalized spacial score (nSPS) is 27.9. The molecule has 2 heterocycles. The van der Waals surface area contributed by atoms with Crippen LogP contribution in [0.2, 0.25) is 0 Å². The SMILES string of the molecule is COc1ccc([C@H]2CNC(=O)C23CCN(C2CCCCC2c2ccc(F)cc2)CC3)cc1. The monoisotopic (exact) mass is 436 g/mol. The molecular weight excluding hydrogens is 403 g/mol. The van der Waals surface area contributed by atoms with Gasteiger partial charge in [0.25, 0.3) is 0 Å². The van der Waals surface area contributed by atoms with Crippen molar-refractivity contribution in [1.29, 1.82) is 0 Å². The quantitative estimate of drug-likeness (QED) is 0.745. The van der Waals surface area contributed by atoms with Crippen LogP contribution in [-0.2, 0) is 4.79 Å². The zero-order valence-corrected chi connectivity index (χ0v) is 18.9. The maximum atomic E-state index is 13.5. The van der Waals surface area contributed by atoms with E-state index in [0.29, 0.717) is 18.5 Å². The van der Waals surface area contributed by atoms with Crippen LogP contribution in [0.3, 0.4) is 0 Å². The molecule has 0 bridgehead atoms. The van der Waals surface area contributed by atoms with E-state index in [2.05, 4.69) is 22.3 Å². The predicted octanol–water partition coefficient (Wildman–Crippen LogP) is 4.86. The zero-order valence-electron chi connectivity index (χ0n) is 18.9. The van der Waals surface area contributed by atoms with Crippen LogP contribution in [-0.4, -0.2) is 43.6 Å². The molecule has 1 saturated carbocycles. The van der Waals surface area contributed by atoms with Gasteiger partial charge in [0.1, 0.15) is 11.6 Å². The Hall–Kier alpha value is -2.40. The van der Waals surface area contributed by atoms with Crippen LogP contribution in [0, 0.1) is 11.2 Å². The Kier molecular flexibility index (Phi) is 5.93. The largest absolute Gasteiger partial charge is 0.497 e. The Morgan fingerprint density at radius 3 is 2.31 bits per heavy atom. The smallest absolute Gasteiger partial charge is 0.227 e. The molecule has 32 heavy (non-hydrogen) atoms. The molecule has 3 fully saturated rings. The van der Waals surface area contributed by atoms with Crippen LogP contribution < -0.4 is 10.1 Å². The third kappa shape index (κ3) is 3.81. The first kappa shape index (κ1) is 21.4. The Morgan fingerprint density at radius 1 is 0.969 bits per heavy atom. The van der Waals surface area contributed by atoms with E-state index in [0.717, 1.165) is 38.1 Å². The van der Waals surface area contributed by atoms with E-state index < -0.39 is 0 Å². The molecule has 5 heteroatoms. The number of likely N-dealkylation sites (tertiary alicyclic amines) is 1. The summed E-state index contributed by atoms with van der Waals surface area (Å²) in [6, 6.07) is 15.8. The molecule has 4 nitrogen and oxygen atoms in total. The first-order valence-corrected chi connectivity index (χ1v) is 12.0. The van der Waals surface area contributed by atoms with Gasteiger partial charge in [0.2, 0.25) is 5.91 Å². The summed E-state index contributed by atoms with van der Waals surface area (Å²) < 4.78 is 18.8. The van der Waals surface area contributed by atoms with Gasteiger partial charge in [-0.25, -0.2) is 4.39 Å². The summed E-state index contributed by atoms with van der Waals surface area (Å²) >= 11 is 0. The minimum absolute atomic E-state index is 0.169. The van der Waals surface area contributed by atoms with E-state index in [1.165, 1.54) is 30.4 Å². The molecule has 2 saturated heterocycles. The van der Waals surface area contributed by atoms with Gasteiger partial charge in [-0.15, -0.1) is 0 Å². The molecule has 1 N–H and O–H groups in total. The number of ether oxygens (including phenoxy) is 1. The number of hydrogen-bond acceptors (Lipinski definition) is 3. The lowest BCUT2D eigenvalue weighted by Gasteiger charge is -2.47. The van der Waals surface area contributed by atoms with Crippen LogP contribution in [0.15, 0.2) is 48.5 Å².